The number of nitrogens with zero attached hydrogens (tertiary/aromatic N) is 3. The molecule has 0 radical (unpaired) electrons. The molecule has 13 heteroatoms. The minimum Gasteiger partial charge on any atom is -0.462 e. The smallest absolute Gasteiger partial charge is 0.338 e. The number of carbonyl (C=O) groups is 2. The van der Waals surface area contributed by atoms with Crippen molar-refractivity contribution < 1.29 is 23.2 Å². The van der Waals surface area contributed by atoms with Gasteiger partial charge in [0.1, 0.15) is 0 Å². The van der Waals surface area contributed by atoms with Gasteiger partial charge in [0.2, 0.25) is 17.8 Å². The lowest BCUT2D eigenvalue weighted by Gasteiger charge is -2.23. The standard InChI is InChI=1S/C32H48N6O5Si2/c1-7-9-21-41-28(39)24-12-16-26(17-13-24)34-31-36-30(33-20-11-23-44(3)43-45(4,5)6)37-32(38-31)35-27-18-14-25(15-19-27)29(40)42-22-10-8-2/h12-19,44H,7-11,20-23H2,1-6H3,(H3,33,34,35,36,37,38). The van der Waals surface area contributed by atoms with E-state index in [4.69, 9.17) is 13.6 Å². The van der Waals surface area contributed by atoms with Crippen LogP contribution in [0, 0.1) is 0 Å². The number of esters is 2. The van der Waals surface area contributed by atoms with Gasteiger partial charge in [0.25, 0.3) is 0 Å². The highest BCUT2D eigenvalue weighted by molar-refractivity contribution is 6.77. The van der Waals surface area contributed by atoms with Crippen LogP contribution in [0.15, 0.2) is 48.5 Å². The molecule has 0 aliphatic heterocycles. The predicted octanol–water partition coefficient (Wildman–Crippen LogP) is 7.28. The van der Waals surface area contributed by atoms with Crippen LogP contribution in [0.4, 0.5) is 29.2 Å². The van der Waals surface area contributed by atoms with E-state index >= 15 is 0 Å². The summed E-state index contributed by atoms with van der Waals surface area (Å²) in [5, 5.41) is 9.74. The van der Waals surface area contributed by atoms with Gasteiger partial charge in [-0.1, -0.05) is 26.7 Å². The van der Waals surface area contributed by atoms with Gasteiger partial charge < -0.3 is 29.5 Å². The fourth-order valence-corrected chi connectivity index (χ4v) is 10.3. The largest absolute Gasteiger partial charge is 0.462 e. The summed E-state index contributed by atoms with van der Waals surface area (Å²) in [4.78, 5) is 38.3. The van der Waals surface area contributed by atoms with Gasteiger partial charge in [0.15, 0.2) is 17.4 Å². The first-order chi connectivity index (χ1) is 21.6. The number of ether oxygens (including phenoxy) is 2. The van der Waals surface area contributed by atoms with E-state index in [9.17, 15) is 9.59 Å². The molecule has 0 spiro atoms. The zero-order valence-corrected chi connectivity index (χ0v) is 29.6. The predicted molar refractivity (Wildman–Crippen MR) is 185 cm³/mol. The molecule has 11 nitrogen and oxygen atoms in total. The molecule has 3 rings (SSSR count). The molecule has 3 N–H and O–H groups in total. The van der Waals surface area contributed by atoms with Gasteiger partial charge in [-0.3, -0.25) is 0 Å². The van der Waals surface area contributed by atoms with Gasteiger partial charge >= 0.3 is 11.9 Å². The van der Waals surface area contributed by atoms with E-state index in [2.05, 4.69) is 57.1 Å². The normalized spacial score (nSPS) is 11.9. The third kappa shape index (κ3) is 13.4. The highest BCUT2D eigenvalue weighted by atomic mass is 28.4. The van der Waals surface area contributed by atoms with Crippen LogP contribution in [0.5, 0.6) is 0 Å². The number of hydrogen-bond acceptors (Lipinski definition) is 11. The van der Waals surface area contributed by atoms with Crippen molar-refractivity contribution in [1.29, 1.82) is 0 Å². The summed E-state index contributed by atoms with van der Waals surface area (Å²) >= 11 is 0. The third-order valence-corrected chi connectivity index (χ3v) is 12.1. The number of rotatable bonds is 19. The zero-order chi connectivity index (χ0) is 32.7. The van der Waals surface area contributed by atoms with Gasteiger partial charge in [-0.2, -0.15) is 15.0 Å². The van der Waals surface area contributed by atoms with Gasteiger partial charge in [-0.25, -0.2) is 9.59 Å². The highest BCUT2D eigenvalue weighted by Gasteiger charge is 2.18. The Morgan fingerprint density at radius 1 is 0.711 bits per heavy atom. The van der Waals surface area contributed by atoms with Crippen LogP contribution < -0.4 is 16.0 Å². The van der Waals surface area contributed by atoms with E-state index in [-0.39, 0.29) is 11.9 Å². The van der Waals surface area contributed by atoms with E-state index in [1.54, 1.807) is 48.5 Å². The van der Waals surface area contributed by atoms with Crippen molar-refractivity contribution >= 4 is 58.5 Å². The average molecular weight is 653 g/mol. The Bertz CT molecular complexity index is 1270. The van der Waals surface area contributed by atoms with Crippen LogP contribution in [-0.2, 0) is 13.6 Å². The Kier molecular flexibility index (Phi) is 14.4. The van der Waals surface area contributed by atoms with Crippen molar-refractivity contribution in [2.75, 3.05) is 35.7 Å². The third-order valence-electron chi connectivity index (χ3n) is 6.48. The minimum atomic E-state index is -1.53. The number of aromatic nitrogens is 3. The topological polar surface area (TPSA) is 137 Å². The molecule has 3 aromatic rings. The highest BCUT2D eigenvalue weighted by Crippen LogP contribution is 2.21. The zero-order valence-electron chi connectivity index (χ0n) is 27.4. The molecular weight excluding hydrogens is 605 g/mol. The molecule has 1 atom stereocenters. The summed E-state index contributed by atoms with van der Waals surface area (Å²) < 4.78 is 16.9. The van der Waals surface area contributed by atoms with Crippen molar-refractivity contribution in [3.8, 4) is 0 Å². The van der Waals surface area contributed by atoms with Gasteiger partial charge in [-0.05, 0) is 100 Å². The second-order valence-corrected chi connectivity index (χ2v) is 19.2. The number of carbonyl (C=O) groups excluding carboxylic acids is 2. The van der Waals surface area contributed by atoms with Crippen LogP contribution in [0.1, 0.15) is 66.7 Å². The average Bonchev–Trinajstić information content (AvgIpc) is 2.99. The maximum atomic E-state index is 12.3. The fourth-order valence-electron chi connectivity index (χ4n) is 4.24. The van der Waals surface area contributed by atoms with Gasteiger partial charge in [-0.15, -0.1) is 0 Å². The monoisotopic (exact) mass is 652 g/mol. The number of hydrogen-bond donors (Lipinski definition) is 3. The molecule has 0 aliphatic rings. The molecular formula is C32H48N6O5Si2. The van der Waals surface area contributed by atoms with Gasteiger partial charge in [0.05, 0.1) is 24.3 Å². The van der Waals surface area contributed by atoms with Crippen LogP contribution in [-0.4, -0.2) is 64.0 Å². The van der Waals surface area contributed by atoms with Crippen molar-refractivity contribution in [1.82, 2.24) is 15.0 Å². The summed E-state index contributed by atoms with van der Waals surface area (Å²) in [5.74, 6) is 0.382. The Balaban J connectivity index is 1.71. The van der Waals surface area contributed by atoms with Crippen molar-refractivity contribution in [2.24, 2.45) is 0 Å². The summed E-state index contributed by atoms with van der Waals surface area (Å²) in [7, 11) is -2.76. The molecule has 0 amide bonds. The molecule has 0 fully saturated rings. The van der Waals surface area contributed by atoms with E-state index < -0.39 is 17.4 Å². The second-order valence-electron chi connectivity index (χ2n) is 11.8. The van der Waals surface area contributed by atoms with Crippen LogP contribution in [0.25, 0.3) is 0 Å². The van der Waals surface area contributed by atoms with Crippen molar-refractivity contribution in [2.45, 2.75) is 78.2 Å². The maximum Gasteiger partial charge on any atom is 0.338 e. The number of benzene rings is 2. The molecule has 0 saturated carbocycles. The first kappa shape index (κ1) is 35.7. The summed E-state index contributed by atoms with van der Waals surface area (Å²) in [5.41, 5.74) is 2.37. The quantitative estimate of drug-likeness (QED) is 0.0684. The number of unbranched alkanes of at least 4 members (excludes halogenated alkanes) is 2. The SMILES string of the molecule is CCCCOC(=O)c1ccc(Nc2nc(NCCC[SiH](C)O[Si](C)(C)C)nc(Nc3ccc(C(=O)OCCCC)cc3)n2)cc1. The van der Waals surface area contributed by atoms with Crippen molar-refractivity contribution in [3.05, 3.63) is 59.7 Å². The minimum absolute atomic E-state index is 0.328. The lowest BCUT2D eigenvalue weighted by molar-refractivity contribution is 0.0490. The molecule has 0 saturated heterocycles. The van der Waals surface area contributed by atoms with E-state index in [0.29, 0.717) is 60.1 Å². The molecule has 1 aromatic heterocycles. The van der Waals surface area contributed by atoms with Crippen LogP contribution in [0.2, 0.25) is 32.2 Å². The lowest BCUT2D eigenvalue weighted by Crippen LogP contribution is -2.33. The lowest BCUT2D eigenvalue weighted by atomic mass is 10.2. The van der Waals surface area contributed by atoms with E-state index in [0.717, 1.165) is 38.1 Å². The molecule has 45 heavy (non-hydrogen) atoms. The van der Waals surface area contributed by atoms with Gasteiger partial charge in [0, 0.05) is 17.9 Å². The maximum absolute atomic E-state index is 12.3. The molecule has 1 unspecified atom stereocenters. The van der Waals surface area contributed by atoms with Crippen molar-refractivity contribution in [3.63, 3.8) is 0 Å². The Morgan fingerprint density at radius 3 is 1.58 bits per heavy atom. The first-order valence-corrected chi connectivity index (χ1v) is 21.7. The summed E-state index contributed by atoms with van der Waals surface area (Å²) in [6.45, 7) is 14.5. The van der Waals surface area contributed by atoms with Crippen LogP contribution >= 0.6 is 0 Å². The number of nitrogens with one attached hydrogen (secondary N) is 3. The molecule has 1 heterocycles. The molecule has 0 bridgehead atoms. The Hall–Kier alpha value is -3.82. The fraction of sp³-hybridized carbons (Fsp3) is 0.469. The van der Waals surface area contributed by atoms with E-state index in [1.807, 2.05) is 13.8 Å². The summed E-state index contributed by atoms with van der Waals surface area (Å²) in [6.07, 6.45) is 4.53. The molecule has 244 valence electrons. The molecule has 0 aliphatic carbocycles. The Labute approximate surface area is 269 Å². The first-order valence-electron chi connectivity index (χ1n) is 15.8. The molecule has 2 aromatic carbocycles. The second kappa shape index (κ2) is 18.2. The number of anilines is 5. The summed E-state index contributed by atoms with van der Waals surface area (Å²) in [6, 6.07) is 15.0. The van der Waals surface area contributed by atoms with E-state index in [1.165, 1.54) is 0 Å². The Morgan fingerprint density at radius 2 is 1.16 bits per heavy atom. The van der Waals surface area contributed by atoms with Crippen LogP contribution in [0.3, 0.4) is 0 Å².